The molecule has 0 aromatic heterocycles. The van der Waals surface area contributed by atoms with E-state index in [0.29, 0.717) is 26.7 Å². The van der Waals surface area contributed by atoms with Crippen LogP contribution in [0.4, 0.5) is 5.69 Å². The highest BCUT2D eigenvalue weighted by Gasteiger charge is 2.71. The van der Waals surface area contributed by atoms with Crippen LogP contribution >= 0.6 is 23.2 Å². The Labute approximate surface area is 213 Å². The van der Waals surface area contributed by atoms with Crippen LogP contribution in [0, 0.1) is 12.3 Å². The van der Waals surface area contributed by atoms with Crippen LogP contribution in [0.15, 0.2) is 66.7 Å². The first-order valence-electron chi connectivity index (χ1n) is 11.5. The number of anilines is 1. The lowest BCUT2D eigenvalue weighted by Crippen LogP contribution is -2.48. The van der Waals surface area contributed by atoms with Crippen LogP contribution in [0.1, 0.15) is 50.2 Å². The summed E-state index contributed by atoms with van der Waals surface area (Å²) < 4.78 is 0. The fourth-order valence-electron chi connectivity index (χ4n) is 6.32. The van der Waals surface area contributed by atoms with Crippen LogP contribution in [0.25, 0.3) is 6.08 Å². The van der Waals surface area contributed by atoms with Crippen molar-refractivity contribution in [3.8, 4) is 0 Å². The van der Waals surface area contributed by atoms with E-state index in [9.17, 15) is 14.4 Å². The summed E-state index contributed by atoms with van der Waals surface area (Å²) in [6, 6.07) is 16.6. The van der Waals surface area contributed by atoms with E-state index >= 15 is 0 Å². The van der Waals surface area contributed by atoms with Crippen molar-refractivity contribution in [2.75, 3.05) is 4.90 Å². The molecule has 0 radical (unpaired) electrons. The van der Waals surface area contributed by atoms with Crippen molar-refractivity contribution in [3.63, 3.8) is 0 Å². The SMILES string of the molecule is CC(=O)[C@H]1[C@H](c2ccc(Cl)cc2Cl)C2(C(=O)c3ccccc3C2=O)[C@H]2C=Cc3ccc(C)cc3N12. The van der Waals surface area contributed by atoms with Crippen LogP contribution in [0.3, 0.4) is 0 Å². The molecule has 6 rings (SSSR count). The van der Waals surface area contributed by atoms with Gasteiger partial charge in [0.1, 0.15) is 5.41 Å². The van der Waals surface area contributed by atoms with Crippen molar-refractivity contribution in [2.24, 2.45) is 5.41 Å². The van der Waals surface area contributed by atoms with Gasteiger partial charge in [-0.25, -0.2) is 0 Å². The summed E-state index contributed by atoms with van der Waals surface area (Å²) in [6.45, 7) is 3.50. The lowest BCUT2D eigenvalue weighted by Gasteiger charge is -2.37. The lowest BCUT2D eigenvalue weighted by molar-refractivity contribution is -0.118. The van der Waals surface area contributed by atoms with Gasteiger partial charge in [-0.3, -0.25) is 14.4 Å². The first kappa shape index (κ1) is 22.3. The molecule has 35 heavy (non-hydrogen) atoms. The van der Waals surface area contributed by atoms with Crippen molar-refractivity contribution in [1.82, 2.24) is 0 Å². The van der Waals surface area contributed by atoms with E-state index in [0.717, 1.165) is 16.8 Å². The fraction of sp³-hybridized carbons (Fsp3) is 0.207. The first-order valence-corrected chi connectivity index (χ1v) is 12.2. The standard InChI is InChI=1S/C29H21Cl2NO3/c1-15-7-8-17-9-12-24-29(27(34)19-5-3-4-6-20(19)28(29)35)25(21-11-10-18(30)14-22(21)31)26(16(2)33)32(24)23(17)13-15/h3-14,24-26H,1-2H3/t24-,25+,26+/m1/s1. The fourth-order valence-corrected chi connectivity index (χ4v) is 6.85. The number of fused-ring (bicyclic) bond motifs is 5. The first-order chi connectivity index (χ1) is 16.8. The van der Waals surface area contributed by atoms with Crippen molar-refractivity contribution in [2.45, 2.75) is 31.8 Å². The summed E-state index contributed by atoms with van der Waals surface area (Å²) in [4.78, 5) is 44.1. The molecule has 2 aliphatic heterocycles. The predicted molar refractivity (Wildman–Crippen MR) is 138 cm³/mol. The maximum absolute atomic E-state index is 14.3. The van der Waals surface area contributed by atoms with Gasteiger partial charge >= 0.3 is 0 Å². The molecule has 1 aliphatic carbocycles. The highest BCUT2D eigenvalue weighted by molar-refractivity contribution is 6.36. The molecule has 4 nitrogen and oxygen atoms in total. The quantitative estimate of drug-likeness (QED) is 0.385. The van der Waals surface area contributed by atoms with Crippen molar-refractivity contribution in [3.05, 3.63) is 105 Å². The van der Waals surface area contributed by atoms with E-state index in [-0.39, 0.29) is 17.3 Å². The molecule has 174 valence electrons. The van der Waals surface area contributed by atoms with Gasteiger partial charge in [0, 0.05) is 32.8 Å². The number of nitrogens with zero attached hydrogens (tertiary/aromatic N) is 1. The Hall–Kier alpha value is -3.21. The molecule has 1 spiro atoms. The number of ketones is 3. The molecule has 0 unspecified atom stereocenters. The maximum Gasteiger partial charge on any atom is 0.180 e. The molecule has 3 aliphatic rings. The van der Waals surface area contributed by atoms with Crippen LogP contribution in [0.5, 0.6) is 0 Å². The van der Waals surface area contributed by atoms with E-state index in [2.05, 4.69) is 0 Å². The summed E-state index contributed by atoms with van der Waals surface area (Å²) in [6.07, 6.45) is 3.85. The number of carbonyl (C=O) groups excluding carboxylic acids is 3. The minimum absolute atomic E-state index is 0.137. The smallest absolute Gasteiger partial charge is 0.180 e. The Balaban J connectivity index is 1.71. The second-order valence-corrected chi connectivity index (χ2v) is 10.4. The molecule has 1 fully saturated rings. The van der Waals surface area contributed by atoms with Gasteiger partial charge in [-0.15, -0.1) is 0 Å². The lowest BCUT2D eigenvalue weighted by atomic mass is 9.64. The maximum atomic E-state index is 14.3. The minimum Gasteiger partial charge on any atom is -0.352 e. The number of hydrogen-bond donors (Lipinski definition) is 0. The average molecular weight is 502 g/mol. The molecule has 0 bridgehead atoms. The van der Waals surface area contributed by atoms with Gasteiger partial charge in [-0.2, -0.15) is 0 Å². The Morgan fingerprint density at radius 2 is 1.63 bits per heavy atom. The van der Waals surface area contributed by atoms with E-state index in [1.54, 1.807) is 42.5 Å². The predicted octanol–water partition coefficient (Wildman–Crippen LogP) is 6.32. The number of benzene rings is 3. The van der Waals surface area contributed by atoms with Gasteiger partial charge in [-0.05, 0) is 48.7 Å². The van der Waals surface area contributed by atoms with E-state index < -0.39 is 23.4 Å². The van der Waals surface area contributed by atoms with Crippen molar-refractivity contribution >= 4 is 52.3 Å². The summed E-state index contributed by atoms with van der Waals surface area (Å²) in [5.74, 6) is -1.47. The molecule has 0 N–H and O–H groups in total. The number of Topliss-reactive ketones (excluding diaryl/α,β-unsaturated/α-hetero) is 3. The van der Waals surface area contributed by atoms with E-state index in [1.807, 2.05) is 42.2 Å². The third-order valence-electron chi connectivity index (χ3n) is 7.68. The van der Waals surface area contributed by atoms with Crippen LogP contribution in [-0.4, -0.2) is 29.4 Å². The highest BCUT2D eigenvalue weighted by Crippen LogP contribution is 2.61. The van der Waals surface area contributed by atoms with Crippen molar-refractivity contribution in [1.29, 1.82) is 0 Å². The number of rotatable bonds is 2. The van der Waals surface area contributed by atoms with Crippen molar-refractivity contribution < 1.29 is 14.4 Å². The third-order valence-corrected chi connectivity index (χ3v) is 8.24. The normalized spacial score (nSPS) is 23.4. The molecule has 2 heterocycles. The Bertz CT molecular complexity index is 1460. The molecule has 3 aromatic rings. The summed E-state index contributed by atoms with van der Waals surface area (Å²) >= 11 is 12.9. The zero-order chi connectivity index (χ0) is 24.6. The van der Waals surface area contributed by atoms with Crippen LogP contribution in [-0.2, 0) is 4.79 Å². The van der Waals surface area contributed by atoms with Crippen LogP contribution in [0.2, 0.25) is 10.0 Å². The summed E-state index contributed by atoms with van der Waals surface area (Å²) in [7, 11) is 0. The largest absolute Gasteiger partial charge is 0.352 e. The number of hydrogen-bond acceptors (Lipinski definition) is 4. The number of carbonyl (C=O) groups is 3. The minimum atomic E-state index is -1.53. The Morgan fingerprint density at radius 1 is 0.943 bits per heavy atom. The van der Waals surface area contributed by atoms with Gasteiger partial charge in [0.2, 0.25) is 0 Å². The van der Waals surface area contributed by atoms with E-state index in [1.165, 1.54) is 6.92 Å². The van der Waals surface area contributed by atoms with Gasteiger partial charge < -0.3 is 4.90 Å². The molecule has 6 heteroatoms. The molecule has 3 atom stereocenters. The summed E-state index contributed by atoms with van der Waals surface area (Å²) in [5.41, 5.74) is 2.61. The van der Waals surface area contributed by atoms with Gasteiger partial charge in [0.25, 0.3) is 0 Å². The molecule has 0 amide bonds. The van der Waals surface area contributed by atoms with Gasteiger partial charge in [0.05, 0.1) is 12.1 Å². The van der Waals surface area contributed by atoms with Gasteiger partial charge in [0.15, 0.2) is 17.3 Å². The van der Waals surface area contributed by atoms with Crippen LogP contribution < -0.4 is 4.90 Å². The molecule has 0 saturated carbocycles. The van der Waals surface area contributed by atoms with E-state index in [4.69, 9.17) is 23.2 Å². The van der Waals surface area contributed by atoms with Gasteiger partial charge in [-0.1, -0.05) is 77.8 Å². The Kier molecular flexibility index (Phi) is 4.86. The third kappa shape index (κ3) is 2.84. The topological polar surface area (TPSA) is 54.5 Å². The monoisotopic (exact) mass is 501 g/mol. The molecule has 1 saturated heterocycles. The zero-order valence-electron chi connectivity index (χ0n) is 19.1. The molecule has 3 aromatic carbocycles. The highest BCUT2D eigenvalue weighted by atomic mass is 35.5. The number of aryl methyl sites for hydroxylation is 1. The second kappa shape index (κ2) is 7.64. The summed E-state index contributed by atoms with van der Waals surface area (Å²) in [5, 5.41) is 0.772. The number of halogens is 2. The Morgan fingerprint density at radius 3 is 2.26 bits per heavy atom. The average Bonchev–Trinajstić information content (AvgIpc) is 3.26. The molecular weight excluding hydrogens is 481 g/mol. The second-order valence-electron chi connectivity index (χ2n) is 9.55. The zero-order valence-corrected chi connectivity index (χ0v) is 20.6. The molecular formula is C29H21Cl2NO3.